The Hall–Kier alpha value is -3.84. The maximum Gasteiger partial charge on any atom is 0.414 e. The smallest absolute Gasteiger partial charge is 0.414 e. The van der Waals surface area contributed by atoms with Crippen LogP contribution in [0.25, 0.3) is 0 Å². The Bertz CT molecular complexity index is 1800. The van der Waals surface area contributed by atoms with E-state index < -0.39 is 29.6 Å². The minimum Gasteiger partial charge on any atom is -0.441 e. The van der Waals surface area contributed by atoms with E-state index in [2.05, 4.69) is 15.5 Å². The van der Waals surface area contributed by atoms with Gasteiger partial charge in [-0.3, -0.25) is 19.3 Å². The lowest BCUT2D eigenvalue weighted by atomic mass is 10.0. The molecule has 0 spiro atoms. The molecular weight excluding hydrogens is 1090 g/mol. The van der Waals surface area contributed by atoms with Crippen LogP contribution in [0, 0.1) is 0 Å². The standard InChI is InChI=1S/C56H99N5O20S/c1-57-55(65)81-50(45-15-17-46(18-16-45)80-56(66)60(4)22-13-21-59(2)3)14-10-9-11-37-82-51-38-53(63)61(54(51)64)23-19-52(62)58-20-12-24-71-39-47(79-36-33-76-44-49(78-35-28-70-8)41-73-30-26-68-6)42-74-31-32-75-43-48(77-34-27-69-7)40-72-29-25-67-5/h15-18,47-51H,9-14,19-44H2,1-8H3,(H,57,65)(H,58,62). The van der Waals surface area contributed by atoms with Crippen LogP contribution in [0.5, 0.6) is 5.75 Å². The van der Waals surface area contributed by atoms with Crippen molar-refractivity contribution in [3.8, 4) is 5.75 Å². The van der Waals surface area contributed by atoms with E-state index in [0.717, 1.165) is 37.8 Å². The molecule has 2 rings (SSSR count). The molecule has 1 aromatic rings. The number of nitrogens with one attached hydrogen (secondary N) is 2. The van der Waals surface area contributed by atoms with Gasteiger partial charge in [0.2, 0.25) is 17.7 Å². The third kappa shape index (κ3) is 36.8. The average Bonchev–Trinajstić information content (AvgIpc) is 3.81. The van der Waals surface area contributed by atoms with Gasteiger partial charge in [0.15, 0.2) is 0 Å². The highest BCUT2D eigenvalue weighted by molar-refractivity contribution is 8.00. The van der Waals surface area contributed by atoms with Gasteiger partial charge in [0.1, 0.15) is 30.2 Å². The van der Waals surface area contributed by atoms with E-state index in [4.69, 9.17) is 71.1 Å². The average molecular weight is 1190 g/mol. The van der Waals surface area contributed by atoms with E-state index in [0.29, 0.717) is 137 Å². The molecular formula is C56H99N5O20S. The molecule has 1 heterocycles. The highest BCUT2D eigenvalue weighted by Gasteiger charge is 2.38. The number of thioether (sulfide) groups is 1. The van der Waals surface area contributed by atoms with E-state index >= 15 is 0 Å². The Labute approximate surface area is 491 Å². The van der Waals surface area contributed by atoms with Gasteiger partial charge in [-0.2, -0.15) is 0 Å². The van der Waals surface area contributed by atoms with Gasteiger partial charge in [0.05, 0.1) is 124 Å². The van der Waals surface area contributed by atoms with Crippen LogP contribution in [-0.2, 0) is 80.7 Å². The zero-order chi connectivity index (χ0) is 59.8. The zero-order valence-corrected chi connectivity index (χ0v) is 51.1. The van der Waals surface area contributed by atoms with Crippen molar-refractivity contribution in [3.05, 3.63) is 29.8 Å². The molecule has 5 unspecified atom stereocenters. The van der Waals surface area contributed by atoms with Gasteiger partial charge in [-0.05, 0) is 76.2 Å². The van der Waals surface area contributed by atoms with E-state index in [1.54, 1.807) is 59.8 Å². The summed E-state index contributed by atoms with van der Waals surface area (Å²) in [4.78, 5) is 68.4. The number of unbranched alkanes of at least 4 members (excludes halogenated alkanes) is 2. The van der Waals surface area contributed by atoms with Crippen molar-refractivity contribution in [1.29, 1.82) is 0 Å². The van der Waals surface area contributed by atoms with Crippen LogP contribution in [0.4, 0.5) is 9.59 Å². The topological polar surface area (TPSA) is 258 Å². The van der Waals surface area contributed by atoms with Crippen molar-refractivity contribution in [1.82, 2.24) is 25.3 Å². The molecule has 0 aromatic heterocycles. The third-order valence-electron chi connectivity index (χ3n) is 12.2. The largest absolute Gasteiger partial charge is 0.441 e. The lowest BCUT2D eigenvalue weighted by molar-refractivity contribution is -0.138. The van der Waals surface area contributed by atoms with E-state index in [1.807, 2.05) is 14.1 Å². The fraction of sp³-hybridized carbons (Fsp3) is 0.804. The van der Waals surface area contributed by atoms with Crippen molar-refractivity contribution in [2.45, 2.75) is 81.0 Å². The number of rotatable bonds is 54. The second-order valence-electron chi connectivity index (χ2n) is 19.3. The Morgan fingerprint density at radius 1 is 0.622 bits per heavy atom. The van der Waals surface area contributed by atoms with E-state index in [-0.39, 0.29) is 75.7 Å². The van der Waals surface area contributed by atoms with Gasteiger partial charge in [0, 0.05) is 81.6 Å². The van der Waals surface area contributed by atoms with Crippen molar-refractivity contribution in [2.24, 2.45) is 0 Å². The highest BCUT2D eigenvalue weighted by atomic mass is 32.2. The molecule has 1 aliphatic heterocycles. The summed E-state index contributed by atoms with van der Waals surface area (Å²) in [5.74, 6) is 0.198. The number of methoxy groups -OCH3 is 4. The summed E-state index contributed by atoms with van der Waals surface area (Å²) < 4.78 is 84.1. The van der Waals surface area contributed by atoms with Crippen LogP contribution in [0.3, 0.4) is 0 Å². The van der Waals surface area contributed by atoms with Crippen LogP contribution in [0.15, 0.2) is 24.3 Å². The molecule has 25 nitrogen and oxygen atoms in total. The van der Waals surface area contributed by atoms with Gasteiger partial charge in [-0.1, -0.05) is 18.6 Å². The quantitative estimate of drug-likeness (QED) is 0.0697. The number of hydrogen-bond donors (Lipinski definition) is 2. The van der Waals surface area contributed by atoms with Gasteiger partial charge in [-0.15, -0.1) is 11.8 Å². The summed E-state index contributed by atoms with van der Waals surface area (Å²) >= 11 is 1.44. The molecule has 0 saturated carbocycles. The number of imide groups is 1. The molecule has 5 amide bonds. The summed E-state index contributed by atoms with van der Waals surface area (Å²) in [5, 5.41) is 4.85. The number of likely N-dealkylation sites (tertiary alicyclic amines) is 1. The summed E-state index contributed by atoms with van der Waals surface area (Å²) in [6, 6.07) is 6.93. The van der Waals surface area contributed by atoms with Gasteiger partial charge < -0.3 is 91.5 Å². The van der Waals surface area contributed by atoms with Crippen molar-refractivity contribution >= 4 is 41.7 Å². The summed E-state index contributed by atoms with van der Waals surface area (Å²) in [5.41, 5.74) is 0.765. The number of carbonyl (C=O) groups excluding carboxylic acids is 5. The lowest BCUT2D eigenvalue weighted by Crippen LogP contribution is -2.36. The Morgan fingerprint density at radius 3 is 1.65 bits per heavy atom. The Balaban J connectivity index is 1.76. The first kappa shape index (κ1) is 74.3. The minimum atomic E-state index is -0.556. The fourth-order valence-electron chi connectivity index (χ4n) is 7.68. The third-order valence-corrected chi connectivity index (χ3v) is 13.5. The van der Waals surface area contributed by atoms with Crippen LogP contribution in [0.1, 0.15) is 63.0 Å². The summed E-state index contributed by atoms with van der Waals surface area (Å²) in [7, 11) is 13.6. The molecule has 0 radical (unpaired) electrons. The molecule has 82 heavy (non-hydrogen) atoms. The van der Waals surface area contributed by atoms with Crippen LogP contribution in [0.2, 0.25) is 0 Å². The number of carbonyl (C=O) groups is 5. The number of nitrogens with zero attached hydrogens (tertiary/aromatic N) is 3. The van der Waals surface area contributed by atoms with Crippen LogP contribution >= 0.6 is 11.8 Å². The number of hydrogen-bond acceptors (Lipinski definition) is 22. The first-order chi connectivity index (χ1) is 39.8. The first-order valence-electron chi connectivity index (χ1n) is 28.4. The van der Waals surface area contributed by atoms with Crippen LogP contribution in [-0.4, -0.2) is 282 Å². The lowest BCUT2D eigenvalue weighted by Gasteiger charge is -2.21. The van der Waals surface area contributed by atoms with E-state index in [9.17, 15) is 24.0 Å². The van der Waals surface area contributed by atoms with Crippen molar-refractivity contribution in [3.63, 3.8) is 0 Å². The van der Waals surface area contributed by atoms with Gasteiger partial charge >= 0.3 is 12.2 Å². The monoisotopic (exact) mass is 1190 g/mol. The first-order valence-corrected chi connectivity index (χ1v) is 29.5. The number of ether oxygens (including phenoxy) is 15. The predicted molar refractivity (Wildman–Crippen MR) is 306 cm³/mol. The molecule has 1 fully saturated rings. The van der Waals surface area contributed by atoms with E-state index in [1.165, 1.54) is 28.6 Å². The molecule has 1 aliphatic rings. The predicted octanol–water partition coefficient (Wildman–Crippen LogP) is 3.62. The SMILES string of the molecule is CNC(=O)OC(CCCCCSC1CC(=O)N(CCC(=O)NCCCOCC(COCCOCC(COCCOC)OCCOC)OCCOCC(COCCOC)OCCOC)C1=O)c1ccc(OC(=O)N(C)CCCN(C)C)cc1. The highest BCUT2D eigenvalue weighted by Crippen LogP contribution is 2.29. The van der Waals surface area contributed by atoms with Gasteiger partial charge in [0.25, 0.3) is 0 Å². The number of benzene rings is 1. The van der Waals surface area contributed by atoms with Crippen molar-refractivity contribution < 1.29 is 95.0 Å². The number of alkyl carbamates (subject to hydrolysis) is 1. The molecule has 0 aliphatic carbocycles. The summed E-state index contributed by atoms with van der Waals surface area (Å²) in [6.07, 6.45) is 1.75. The van der Waals surface area contributed by atoms with Gasteiger partial charge in [-0.25, -0.2) is 9.59 Å². The number of amides is 5. The molecule has 474 valence electrons. The molecule has 5 atom stereocenters. The normalized spacial score (nSPS) is 15.0. The second-order valence-corrected chi connectivity index (χ2v) is 20.6. The molecule has 0 bridgehead atoms. The Morgan fingerprint density at radius 2 is 1.12 bits per heavy atom. The fourth-order valence-corrected chi connectivity index (χ4v) is 8.86. The molecule has 1 aromatic carbocycles. The van der Waals surface area contributed by atoms with Crippen LogP contribution < -0.4 is 15.4 Å². The maximum atomic E-state index is 13.2. The zero-order valence-electron chi connectivity index (χ0n) is 50.2. The summed E-state index contributed by atoms with van der Waals surface area (Å²) in [6.45, 7) is 8.53. The Kier molecular flexibility index (Phi) is 44.8. The molecule has 2 N–H and O–H groups in total. The maximum absolute atomic E-state index is 13.2. The molecule has 26 heteroatoms. The van der Waals surface area contributed by atoms with Crippen molar-refractivity contribution in [2.75, 3.05) is 214 Å². The molecule has 1 saturated heterocycles. The minimum absolute atomic E-state index is 0.00474. The second kappa shape index (κ2) is 49.4.